The van der Waals surface area contributed by atoms with Crippen molar-refractivity contribution in [3.63, 3.8) is 0 Å². The Morgan fingerprint density at radius 1 is 1.37 bits per heavy atom. The number of rotatable bonds is 6. The minimum atomic E-state index is -0.219. The van der Waals surface area contributed by atoms with Gasteiger partial charge >= 0.3 is 0 Å². The lowest BCUT2D eigenvalue weighted by Gasteiger charge is -2.14. The first-order valence-electron chi connectivity index (χ1n) is 9.85. The third kappa shape index (κ3) is 4.18. The zero-order chi connectivity index (χ0) is 21.3. The van der Waals surface area contributed by atoms with Gasteiger partial charge in [0.15, 0.2) is 0 Å². The van der Waals surface area contributed by atoms with Crippen LogP contribution in [0.2, 0.25) is 0 Å². The number of carbonyl (C=O) groups excluding carboxylic acids is 1. The van der Waals surface area contributed by atoms with Crippen LogP contribution in [0.15, 0.2) is 45.9 Å². The predicted molar refractivity (Wildman–Crippen MR) is 118 cm³/mol. The Morgan fingerprint density at radius 2 is 2.20 bits per heavy atom. The highest BCUT2D eigenvalue weighted by molar-refractivity contribution is 9.10. The van der Waals surface area contributed by atoms with Gasteiger partial charge in [0.2, 0.25) is 5.91 Å². The van der Waals surface area contributed by atoms with E-state index in [2.05, 4.69) is 26.2 Å². The van der Waals surface area contributed by atoms with Crippen LogP contribution in [0, 0.1) is 0 Å². The van der Waals surface area contributed by atoms with Crippen molar-refractivity contribution in [2.75, 3.05) is 11.9 Å². The van der Waals surface area contributed by atoms with Gasteiger partial charge in [0, 0.05) is 35.5 Å². The summed E-state index contributed by atoms with van der Waals surface area (Å²) in [5.74, 6) is 1.17. The van der Waals surface area contributed by atoms with Crippen LogP contribution in [-0.4, -0.2) is 28.2 Å². The molecule has 0 saturated carbocycles. The van der Waals surface area contributed by atoms with E-state index < -0.39 is 0 Å². The molecule has 2 aromatic carbocycles. The van der Waals surface area contributed by atoms with E-state index in [1.54, 1.807) is 12.1 Å². The topological polar surface area (TPSA) is 82.5 Å². The summed E-state index contributed by atoms with van der Waals surface area (Å²) in [7, 11) is 0. The van der Waals surface area contributed by atoms with Gasteiger partial charge in [-0.25, -0.2) is 4.98 Å². The van der Waals surface area contributed by atoms with Crippen LogP contribution in [0.3, 0.4) is 0 Å². The highest BCUT2D eigenvalue weighted by Gasteiger charge is 2.22. The minimum Gasteiger partial charge on any atom is -0.492 e. The number of anilines is 1. The number of carbonyl (C=O) groups is 1. The summed E-state index contributed by atoms with van der Waals surface area (Å²) in [6, 6.07) is 9.09. The second-order valence-corrected chi connectivity index (χ2v) is 8.14. The number of hydrogen-bond acceptors (Lipinski definition) is 5. The Kier molecular flexibility index (Phi) is 5.76. The zero-order valence-electron chi connectivity index (χ0n) is 16.8. The van der Waals surface area contributed by atoms with Crippen LogP contribution < -0.4 is 20.3 Å². The van der Waals surface area contributed by atoms with Crippen LogP contribution in [-0.2, 0) is 17.8 Å². The molecule has 0 saturated heterocycles. The number of nitrogens with zero attached hydrogens (tertiary/aromatic N) is 2. The van der Waals surface area contributed by atoms with E-state index >= 15 is 0 Å². The molecule has 156 valence electrons. The van der Waals surface area contributed by atoms with Crippen molar-refractivity contribution in [1.29, 1.82) is 0 Å². The summed E-state index contributed by atoms with van der Waals surface area (Å²) < 4.78 is 13.7. The molecule has 7 nitrogen and oxygen atoms in total. The van der Waals surface area contributed by atoms with Gasteiger partial charge in [-0.1, -0.05) is 15.9 Å². The Morgan fingerprint density at radius 3 is 3.00 bits per heavy atom. The molecule has 1 aromatic heterocycles. The third-order valence-corrected chi connectivity index (χ3v) is 5.43. The molecule has 30 heavy (non-hydrogen) atoms. The molecule has 0 radical (unpaired) electrons. The average Bonchev–Trinajstić information content (AvgIpc) is 3.07. The summed E-state index contributed by atoms with van der Waals surface area (Å²) in [6.45, 7) is 4.62. The van der Waals surface area contributed by atoms with E-state index in [1.807, 2.05) is 32.0 Å². The fraction of sp³-hybridized carbons (Fsp3) is 0.318. The number of ether oxygens (including phenoxy) is 2. The quantitative estimate of drug-likeness (QED) is 0.589. The molecule has 8 heteroatoms. The Balaban J connectivity index is 1.49. The number of hydrogen-bond donors (Lipinski definition) is 1. The number of halogens is 1. The molecule has 0 fully saturated rings. The zero-order valence-corrected chi connectivity index (χ0v) is 18.4. The molecule has 2 heterocycles. The standard InChI is InChI=1S/C22H22BrN3O4/c1-3-29-20-9-14-8-13(2)30-19(14)11-18(20)25-21(27)6-7-26-12-24-17-5-4-15(23)10-16(17)22(26)28/h4-5,9-13H,3,6-8H2,1-2H3,(H,25,27). The molecule has 4 rings (SSSR count). The molecule has 0 spiro atoms. The molecular formula is C22H22BrN3O4. The third-order valence-electron chi connectivity index (χ3n) is 4.94. The predicted octanol–water partition coefficient (Wildman–Crippen LogP) is 3.91. The minimum absolute atomic E-state index is 0.104. The summed E-state index contributed by atoms with van der Waals surface area (Å²) in [5, 5.41) is 3.40. The van der Waals surface area contributed by atoms with Crippen molar-refractivity contribution in [2.24, 2.45) is 0 Å². The van der Waals surface area contributed by atoms with Gasteiger partial charge in [0.05, 0.1) is 29.5 Å². The Hall–Kier alpha value is -2.87. The maximum atomic E-state index is 12.7. The second kappa shape index (κ2) is 8.47. The lowest BCUT2D eigenvalue weighted by Crippen LogP contribution is -2.23. The lowest BCUT2D eigenvalue weighted by atomic mass is 10.1. The highest BCUT2D eigenvalue weighted by atomic mass is 79.9. The van der Waals surface area contributed by atoms with Gasteiger partial charge in [0.1, 0.15) is 17.6 Å². The molecule has 1 unspecified atom stereocenters. The SMILES string of the molecule is CCOc1cc2c(cc1NC(=O)CCn1cnc3ccc(Br)cc3c1=O)OC(C)C2. The summed E-state index contributed by atoms with van der Waals surface area (Å²) >= 11 is 3.37. The molecule has 1 aliphatic rings. The average molecular weight is 472 g/mol. The first kappa shape index (κ1) is 20.4. The second-order valence-electron chi connectivity index (χ2n) is 7.22. The largest absolute Gasteiger partial charge is 0.492 e. The summed E-state index contributed by atoms with van der Waals surface area (Å²) in [4.78, 5) is 29.6. The van der Waals surface area contributed by atoms with Crippen LogP contribution in [0.4, 0.5) is 5.69 Å². The first-order chi connectivity index (χ1) is 14.4. The molecule has 1 atom stereocenters. The Labute approximate surface area is 182 Å². The van der Waals surface area contributed by atoms with E-state index in [0.29, 0.717) is 28.9 Å². The fourth-order valence-electron chi connectivity index (χ4n) is 3.54. The smallest absolute Gasteiger partial charge is 0.261 e. The number of aromatic nitrogens is 2. The molecule has 1 aliphatic heterocycles. The molecule has 0 aliphatic carbocycles. The normalized spacial score (nSPS) is 15.0. The maximum Gasteiger partial charge on any atom is 0.261 e. The van der Waals surface area contributed by atoms with Crippen molar-refractivity contribution >= 4 is 38.4 Å². The van der Waals surface area contributed by atoms with Crippen molar-refractivity contribution in [1.82, 2.24) is 9.55 Å². The number of amides is 1. The van der Waals surface area contributed by atoms with Gasteiger partial charge in [-0.2, -0.15) is 0 Å². The fourth-order valence-corrected chi connectivity index (χ4v) is 3.90. The van der Waals surface area contributed by atoms with Gasteiger partial charge in [0.25, 0.3) is 5.56 Å². The van der Waals surface area contributed by atoms with E-state index in [9.17, 15) is 9.59 Å². The number of fused-ring (bicyclic) bond motifs is 2. The van der Waals surface area contributed by atoms with Crippen molar-refractivity contribution in [2.45, 2.75) is 39.3 Å². The first-order valence-corrected chi connectivity index (χ1v) is 10.6. The molecule has 0 bridgehead atoms. The van der Waals surface area contributed by atoms with Crippen LogP contribution in [0.25, 0.3) is 10.9 Å². The molecular weight excluding hydrogens is 450 g/mol. The number of nitrogens with one attached hydrogen (secondary N) is 1. The van der Waals surface area contributed by atoms with Gasteiger partial charge in [-0.05, 0) is 38.1 Å². The molecule has 3 aromatic rings. The summed E-state index contributed by atoms with van der Waals surface area (Å²) in [5.41, 5.74) is 2.09. The number of benzene rings is 2. The van der Waals surface area contributed by atoms with E-state index in [-0.39, 0.29) is 30.5 Å². The lowest BCUT2D eigenvalue weighted by molar-refractivity contribution is -0.116. The molecule has 1 N–H and O–H groups in total. The van der Waals surface area contributed by atoms with Crippen molar-refractivity contribution in [3.05, 3.63) is 57.0 Å². The monoisotopic (exact) mass is 471 g/mol. The highest BCUT2D eigenvalue weighted by Crippen LogP contribution is 2.38. The van der Waals surface area contributed by atoms with Gasteiger partial charge < -0.3 is 14.8 Å². The molecule has 1 amide bonds. The number of aryl methyl sites for hydroxylation is 1. The van der Waals surface area contributed by atoms with Crippen molar-refractivity contribution in [3.8, 4) is 11.5 Å². The Bertz CT molecular complexity index is 1170. The van der Waals surface area contributed by atoms with Crippen molar-refractivity contribution < 1.29 is 14.3 Å². The maximum absolute atomic E-state index is 12.7. The van der Waals surface area contributed by atoms with Crippen LogP contribution in [0.1, 0.15) is 25.8 Å². The van der Waals surface area contributed by atoms with E-state index in [0.717, 1.165) is 22.2 Å². The van der Waals surface area contributed by atoms with Gasteiger partial charge in [-0.3, -0.25) is 14.2 Å². The van der Waals surface area contributed by atoms with Crippen LogP contribution >= 0.6 is 15.9 Å². The van der Waals surface area contributed by atoms with Gasteiger partial charge in [-0.15, -0.1) is 0 Å². The van der Waals surface area contributed by atoms with E-state index in [4.69, 9.17) is 9.47 Å². The summed E-state index contributed by atoms with van der Waals surface area (Å²) in [6.07, 6.45) is 2.52. The van der Waals surface area contributed by atoms with Crippen LogP contribution in [0.5, 0.6) is 11.5 Å². The van der Waals surface area contributed by atoms with E-state index in [1.165, 1.54) is 10.9 Å².